The molecule has 0 aliphatic rings. The number of fused-ring (bicyclic) bond motifs is 1. The van der Waals surface area contributed by atoms with Crippen LogP contribution in [-0.4, -0.2) is 32.4 Å². The Morgan fingerprint density at radius 2 is 2.04 bits per heavy atom. The predicted molar refractivity (Wildman–Crippen MR) is 96.9 cm³/mol. The Labute approximate surface area is 143 Å². The number of nitrogens with two attached hydrogens (primary N) is 1. The highest BCUT2D eigenvalue weighted by atomic mass is 32.2. The lowest BCUT2D eigenvalue weighted by Gasteiger charge is -2.10. The third-order valence-electron chi connectivity index (χ3n) is 3.34. The van der Waals surface area contributed by atoms with Crippen LogP contribution in [-0.2, 0) is 6.42 Å². The molecule has 120 valence electrons. The van der Waals surface area contributed by atoms with Crippen LogP contribution in [0.3, 0.4) is 0 Å². The summed E-state index contributed by atoms with van der Waals surface area (Å²) >= 11 is 3.16. The summed E-state index contributed by atoms with van der Waals surface area (Å²) in [6.07, 6.45) is 1.30. The number of rotatable bonds is 6. The second-order valence-electron chi connectivity index (χ2n) is 4.96. The van der Waals surface area contributed by atoms with E-state index in [2.05, 4.69) is 21.9 Å². The van der Waals surface area contributed by atoms with Crippen molar-refractivity contribution in [3.63, 3.8) is 0 Å². The van der Waals surface area contributed by atoms with Crippen molar-refractivity contribution in [1.29, 1.82) is 0 Å². The molecule has 5 nitrogen and oxygen atoms in total. The van der Waals surface area contributed by atoms with Gasteiger partial charge >= 0.3 is 0 Å². The van der Waals surface area contributed by atoms with Crippen LogP contribution in [0.25, 0.3) is 20.8 Å². The van der Waals surface area contributed by atoms with Crippen molar-refractivity contribution in [1.82, 2.24) is 15.0 Å². The number of aliphatic hydroxyl groups is 1. The molecule has 3 N–H and O–H groups in total. The van der Waals surface area contributed by atoms with Gasteiger partial charge in [0.15, 0.2) is 5.16 Å². The minimum absolute atomic E-state index is 0.124. The van der Waals surface area contributed by atoms with E-state index >= 15 is 0 Å². The van der Waals surface area contributed by atoms with Crippen LogP contribution in [0.2, 0.25) is 0 Å². The zero-order valence-electron chi connectivity index (χ0n) is 12.8. The largest absolute Gasteiger partial charge is 0.396 e. The summed E-state index contributed by atoms with van der Waals surface area (Å²) in [4.78, 5) is 13.7. The number of hydrogen-bond donors (Lipinski definition) is 2. The van der Waals surface area contributed by atoms with E-state index in [4.69, 9.17) is 10.8 Å². The number of para-hydroxylation sites is 1. The molecule has 0 aliphatic heterocycles. The normalized spacial score (nSPS) is 11.2. The highest BCUT2D eigenvalue weighted by Crippen LogP contribution is 2.35. The number of hydrogen-bond acceptors (Lipinski definition) is 7. The van der Waals surface area contributed by atoms with E-state index in [1.807, 2.05) is 24.3 Å². The molecule has 1 aromatic carbocycles. The van der Waals surface area contributed by atoms with E-state index in [0.717, 1.165) is 32.2 Å². The third kappa shape index (κ3) is 3.46. The van der Waals surface area contributed by atoms with Gasteiger partial charge in [-0.05, 0) is 30.7 Å². The number of aromatic nitrogens is 3. The van der Waals surface area contributed by atoms with Crippen molar-refractivity contribution in [2.24, 2.45) is 0 Å². The molecule has 0 aliphatic carbocycles. The van der Waals surface area contributed by atoms with Gasteiger partial charge in [0.05, 0.1) is 21.5 Å². The van der Waals surface area contributed by atoms with Crippen LogP contribution in [0, 0.1) is 0 Å². The summed E-state index contributed by atoms with van der Waals surface area (Å²) in [7, 11) is 0. The lowest BCUT2D eigenvalue weighted by atomic mass is 10.1. The number of aliphatic hydroxyl groups excluding tert-OH is 1. The van der Waals surface area contributed by atoms with Crippen LogP contribution in [0.15, 0.2) is 29.4 Å². The minimum atomic E-state index is 0.124. The average molecular weight is 346 g/mol. The standard InChI is InChI=1S/C16H18N4OS2/c1-2-22-16-19-11(7-5-9-21)13(14(17)20-16)15-18-10-6-3-4-8-12(10)23-15/h3-4,6,8,21H,2,5,7,9H2,1H3,(H2,17,19,20). The molecule has 0 bridgehead atoms. The topological polar surface area (TPSA) is 84.9 Å². The van der Waals surface area contributed by atoms with Crippen molar-refractivity contribution in [3.05, 3.63) is 30.0 Å². The number of nitrogen functional groups attached to an aromatic ring is 1. The Bertz CT molecular complexity index is 786. The second-order valence-corrected chi connectivity index (χ2v) is 7.22. The summed E-state index contributed by atoms with van der Waals surface area (Å²) in [6.45, 7) is 2.18. The molecule has 0 saturated carbocycles. The van der Waals surface area contributed by atoms with Gasteiger partial charge < -0.3 is 10.8 Å². The molecule has 7 heteroatoms. The van der Waals surface area contributed by atoms with Crippen molar-refractivity contribution in [3.8, 4) is 10.6 Å². The maximum atomic E-state index is 9.15. The van der Waals surface area contributed by atoms with Gasteiger partial charge in [0.1, 0.15) is 10.8 Å². The molecule has 0 fully saturated rings. The van der Waals surface area contributed by atoms with E-state index in [1.165, 1.54) is 0 Å². The van der Waals surface area contributed by atoms with Crippen molar-refractivity contribution in [2.45, 2.75) is 24.9 Å². The van der Waals surface area contributed by atoms with E-state index in [-0.39, 0.29) is 6.61 Å². The monoisotopic (exact) mass is 346 g/mol. The highest BCUT2D eigenvalue weighted by molar-refractivity contribution is 7.99. The second kappa shape index (κ2) is 7.25. The number of thioether (sulfide) groups is 1. The van der Waals surface area contributed by atoms with Gasteiger partial charge in [-0.25, -0.2) is 15.0 Å². The molecular weight excluding hydrogens is 328 g/mol. The summed E-state index contributed by atoms with van der Waals surface area (Å²) in [6, 6.07) is 8.00. The molecule has 3 aromatic rings. The Kier molecular flexibility index (Phi) is 5.09. The lowest BCUT2D eigenvalue weighted by molar-refractivity contribution is 0.288. The van der Waals surface area contributed by atoms with Gasteiger partial charge in [-0.3, -0.25) is 0 Å². The molecule has 2 aromatic heterocycles. The molecule has 0 radical (unpaired) electrons. The maximum Gasteiger partial charge on any atom is 0.189 e. The highest BCUT2D eigenvalue weighted by Gasteiger charge is 2.18. The molecule has 0 atom stereocenters. The van der Waals surface area contributed by atoms with E-state index in [9.17, 15) is 0 Å². The van der Waals surface area contributed by atoms with E-state index in [0.29, 0.717) is 23.8 Å². The molecule has 3 rings (SSSR count). The molecule has 2 heterocycles. The predicted octanol–water partition coefficient (Wildman–Crippen LogP) is 3.37. The van der Waals surface area contributed by atoms with E-state index < -0.39 is 0 Å². The van der Waals surface area contributed by atoms with Crippen LogP contribution < -0.4 is 5.73 Å². The first-order chi connectivity index (χ1) is 11.2. The molecule has 0 saturated heterocycles. The van der Waals surface area contributed by atoms with Gasteiger partial charge in [-0.15, -0.1) is 11.3 Å². The van der Waals surface area contributed by atoms with Crippen molar-refractivity contribution >= 4 is 39.1 Å². The maximum absolute atomic E-state index is 9.15. The zero-order valence-corrected chi connectivity index (χ0v) is 14.5. The number of anilines is 1. The fraction of sp³-hybridized carbons (Fsp3) is 0.312. The Morgan fingerprint density at radius 1 is 1.22 bits per heavy atom. The first-order valence-electron chi connectivity index (χ1n) is 7.49. The fourth-order valence-electron chi connectivity index (χ4n) is 2.34. The first-order valence-corrected chi connectivity index (χ1v) is 9.29. The van der Waals surface area contributed by atoms with Crippen molar-refractivity contribution < 1.29 is 5.11 Å². The summed E-state index contributed by atoms with van der Waals surface area (Å²) in [5.74, 6) is 1.35. The van der Waals surface area contributed by atoms with Gasteiger partial charge in [0, 0.05) is 6.61 Å². The smallest absolute Gasteiger partial charge is 0.189 e. The Hall–Kier alpha value is -1.70. The molecular formula is C16H18N4OS2. The average Bonchev–Trinajstić information content (AvgIpc) is 2.96. The van der Waals surface area contributed by atoms with Crippen molar-refractivity contribution in [2.75, 3.05) is 18.1 Å². The van der Waals surface area contributed by atoms with E-state index in [1.54, 1.807) is 23.1 Å². The zero-order chi connectivity index (χ0) is 16.2. The van der Waals surface area contributed by atoms with Crippen LogP contribution in [0.1, 0.15) is 19.0 Å². The SMILES string of the molecule is CCSc1nc(N)c(-c2nc3ccccc3s2)c(CCCO)n1. The Morgan fingerprint density at radius 3 is 2.78 bits per heavy atom. The third-order valence-corrected chi connectivity index (χ3v) is 5.13. The number of nitrogens with zero attached hydrogens (tertiary/aromatic N) is 3. The molecule has 23 heavy (non-hydrogen) atoms. The first kappa shape index (κ1) is 16.2. The molecule has 0 unspecified atom stereocenters. The fourth-order valence-corrected chi connectivity index (χ4v) is 3.97. The number of thiazole rings is 1. The van der Waals surface area contributed by atoms with Gasteiger partial charge in [-0.1, -0.05) is 30.8 Å². The van der Waals surface area contributed by atoms with Gasteiger partial charge in [0.25, 0.3) is 0 Å². The van der Waals surface area contributed by atoms with Crippen LogP contribution >= 0.6 is 23.1 Å². The van der Waals surface area contributed by atoms with Gasteiger partial charge in [-0.2, -0.15) is 0 Å². The van der Waals surface area contributed by atoms with Crippen LogP contribution in [0.5, 0.6) is 0 Å². The van der Waals surface area contributed by atoms with Gasteiger partial charge in [0.2, 0.25) is 0 Å². The van der Waals surface area contributed by atoms with Crippen LogP contribution in [0.4, 0.5) is 5.82 Å². The molecule has 0 spiro atoms. The lowest BCUT2D eigenvalue weighted by Crippen LogP contribution is -2.05. The minimum Gasteiger partial charge on any atom is -0.396 e. The summed E-state index contributed by atoms with van der Waals surface area (Å²) in [5.41, 5.74) is 8.84. The summed E-state index contributed by atoms with van der Waals surface area (Å²) in [5, 5.41) is 10.7. The Balaban J connectivity index is 2.11. The number of benzene rings is 1. The number of aryl methyl sites for hydroxylation is 1. The summed E-state index contributed by atoms with van der Waals surface area (Å²) < 4.78 is 1.11. The molecule has 0 amide bonds. The quantitative estimate of drug-likeness (QED) is 0.526.